The molecule has 1 aliphatic rings. The summed E-state index contributed by atoms with van der Waals surface area (Å²) in [4.78, 5) is 38.6. The molecule has 5 nitrogen and oxygen atoms in total. The van der Waals surface area contributed by atoms with E-state index in [9.17, 15) is 14.4 Å². The lowest BCUT2D eigenvalue weighted by Crippen LogP contribution is -2.51. The fourth-order valence-corrected chi connectivity index (χ4v) is 2.54. The lowest BCUT2D eigenvalue weighted by molar-refractivity contribution is -0.135. The van der Waals surface area contributed by atoms with Crippen molar-refractivity contribution >= 4 is 28.9 Å². The van der Waals surface area contributed by atoms with Crippen LogP contribution in [0.1, 0.15) is 16.6 Å². The second-order valence-corrected chi connectivity index (χ2v) is 5.05. The molecule has 0 atom stereocenters. The van der Waals surface area contributed by atoms with E-state index in [0.29, 0.717) is 31.1 Å². The first-order valence-electron chi connectivity index (χ1n) is 5.72. The van der Waals surface area contributed by atoms with Crippen molar-refractivity contribution < 1.29 is 14.4 Å². The molecule has 1 aromatic rings. The van der Waals surface area contributed by atoms with Crippen molar-refractivity contribution in [2.75, 3.05) is 26.2 Å². The number of Topliss-reactive ketones (excluding diaryl/α,β-unsaturated/α-hetero) is 1. The fraction of sp³-hybridized carbons (Fsp3) is 0.417. The van der Waals surface area contributed by atoms with Gasteiger partial charge >= 0.3 is 0 Å². The molecule has 0 aromatic carbocycles. The Morgan fingerprint density at radius 1 is 1.11 bits per heavy atom. The maximum Gasteiger partial charge on any atom is 0.295 e. The molecule has 2 amide bonds. The Kier molecular flexibility index (Phi) is 3.76. The Hall–Kier alpha value is -1.69. The van der Waals surface area contributed by atoms with Crippen LogP contribution in [-0.2, 0) is 9.59 Å². The molecule has 0 radical (unpaired) electrons. The SMILES string of the molecule is CC(=O)N1CCN(C(=O)C(=O)c2cccs2)CC1. The summed E-state index contributed by atoms with van der Waals surface area (Å²) >= 11 is 1.27. The second-order valence-electron chi connectivity index (χ2n) is 4.10. The van der Waals surface area contributed by atoms with Crippen molar-refractivity contribution in [3.63, 3.8) is 0 Å². The zero-order chi connectivity index (χ0) is 13.1. The zero-order valence-electron chi connectivity index (χ0n) is 10.1. The van der Waals surface area contributed by atoms with E-state index < -0.39 is 11.7 Å². The van der Waals surface area contributed by atoms with Crippen LogP contribution in [-0.4, -0.2) is 53.6 Å². The summed E-state index contributed by atoms with van der Waals surface area (Å²) in [6, 6.07) is 3.40. The van der Waals surface area contributed by atoms with Gasteiger partial charge < -0.3 is 9.80 Å². The summed E-state index contributed by atoms with van der Waals surface area (Å²) < 4.78 is 0. The van der Waals surface area contributed by atoms with Crippen molar-refractivity contribution in [3.8, 4) is 0 Å². The minimum Gasteiger partial charge on any atom is -0.339 e. The topological polar surface area (TPSA) is 57.7 Å². The standard InChI is InChI=1S/C12H14N2O3S/c1-9(15)13-4-6-14(7-5-13)12(17)11(16)10-3-2-8-18-10/h2-3,8H,4-7H2,1H3. The van der Waals surface area contributed by atoms with Gasteiger partial charge in [0.05, 0.1) is 4.88 Å². The summed E-state index contributed by atoms with van der Waals surface area (Å²) in [5.41, 5.74) is 0. The van der Waals surface area contributed by atoms with E-state index in [1.807, 2.05) is 0 Å². The minimum atomic E-state index is -0.472. The van der Waals surface area contributed by atoms with Gasteiger partial charge in [-0.3, -0.25) is 14.4 Å². The van der Waals surface area contributed by atoms with E-state index in [1.165, 1.54) is 23.2 Å². The van der Waals surface area contributed by atoms with Crippen molar-refractivity contribution in [2.24, 2.45) is 0 Å². The molecule has 0 bridgehead atoms. The highest BCUT2D eigenvalue weighted by Gasteiger charge is 2.27. The van der Waals surface area contributed by atoms with Crippen molar-refractivity contribution in [1.82, 2.24) is 9.80 Å². The average molecular weight is 266 g/mol. The molecule has 0 aliphatic carbocycles. The van der Waals surface area contributed by atoms with Gasteiger partial charge in [-0.25, -0.2) is 0 Å². The molecule has 0 saturated carbocycles. The number of carbonyl (C=O) groups excluding carboxylic acids is 3. The number of hydrogen-bond acceptors (Lipinski definition) is 4. The van der Waals surface area contributed by atoms with Gasteiger partial charge in [-0.05, 0) is 11.4 Å². The molecule has 1 aliphatic heterocycles. The molecular weight excluding hydrogens is 252 g/mol. The number of hydrogen-bond donors (Lipinski definition) is 0. The van der Waals surface area contributed by atoms with E-state index >= 15 is 0 Å². The third-order valence-electron chi connectivity index (χ3n) is 2.95. The number of ketones is 1. The van der Waals surface area contributed by atoms with Gasteiger partial charge in [0.25, 0.3) is 11.7 Å². The average Bonchev–Trinajstić information content (AvgIpc) is 2.91. The Balaban J connectivity index is 1.96. The van der Waals surface area contributed by atoms with Crippen LogP contribution < -0.4 is 0 Å². The molecule has 0 unspecified atom stereocenters. The summed E-state index contributed by atoms with van der Waals surface area (Å²) in [5, 5.41) is 1.77. The molecule has 0 spiro atoms. The summed E-state index contributed by atoms with van der Waals surface area (Å²) in [7, 11) is 0. The highest BCUT2D eigenvalue weighted by atomic mass is 32.1. The number of piperazine rings is 1. The maximum absolute atomic E-state index is 12.0. The van der Waals surface area contributed by atoms with Crippen LogP contribution >= 0.6 is 11.3 Å². The van der Waals surface area contributed by atoms with Gasteiger partial charge in [0.15, 0.2) is 0 Å². The summed E-state index contributed by atoms with van der Waals surface area (Å²) in [6.45, 7) is 3.36. The molecular formula is C12H14N2O3S. The van der Waals surface area contributed by atoms with Gasteiger partial charge in [0, 0.05) is 33.1 Å². The van der Waals surface area contributed by atoms with E-state index in [-0.39, 0.29) is 5.91 Å². The first-order chi connectivity index (χ1) is 8.59. The number of thiophene rings is 1. The van der Waals surface area contributed by atoms with Gasteiger partial charge in [-0.15, -0.1) is 11.3 Å². The van der Waals surface area contributed by atoms with Crippen LogP contribution in [0.4, 0.5) is 0 Å². The van der Waals surface area contributed by atoms with Crippen LogP contribution in [0.5, 0.6) is 0 Å². The van der Waals surface area contributed by atoms with Gasteiger partial charge in [0.2, 0.25) is 5.91 Å². The number of carbonyl (C=O) groups is 3. The third kappa shape index (κ3) is 2.59. The predicted octanol–water partition coefficient (Wildman–Crippen LogP) is 0.621. The van der Waals surface area contributed by atoms with Crippen LogP contribution in [0.15, 0.2) is 17.5 Å². The monoisotopic (exact) mass is 266 g/mol. The van der Waals surface area contributed by atoms with E-state index in [0.717, 1.165) is 0 Å². The molecule has 6 heteroatoms. The fourth-order valence-electron chi connectivity index (χ4n) is 1.88. The quantitative estimate of drug-likeness (QED) is 0.582. The minimum absolute atomic E-state index is 0.00619. The normalized spacial score (nSPS) is 15.6. The van der Waals surface area contributed by atoms with Crippen LogP contribution in [0.3, 0.4) is 0 Å². The highest BCUT2D eigenvalue weighted by Crippen LogP contribution is 2.12. The van der Waals surface area contributed by atoms with Crippen LogP contribution in [0.25, 0.3) is 0 Å². The number of nitrogens with zero attached hydrogens (tertiary/aromatic N) is 2. The Bertz CT molecular complexity index is 462. The van der Waals surface area contributed by atoms with E-state index in [2.05, 4.69) is 0 Å². The summed E-state index contributed by atoms with van der Waals surface area (Å²) in [6.07, 6.45) is 0. The molecule has 2 rings (SSSR count). The van der Waals surface area contributed by atoms with Gasteiger partial charge in [0.1, 0.15) is 0 Å². The second kappa shape index (κ2) is 5.30. The van der Waals surface area contributed by atoms with Gasteiger partial charge in [-0.2, -0.15) is 0 Å². The molecule has 18 heavy (non-hydrogen) atoms. The third-order valence-corrected chi connectivity index (χ3v) is 3.82. The van der Waals surface area contributed by atoms with Crippen LogP contribution in [0, 0.1) is 0 Å². The Morgan fingerprint density at radius 2 is 1.72 bits per heavy atom. The number of amides is 2. The molecule has 2 heterocycles. The molecule has 1 fully saturated rings. The molecule has 1 aromatic heterocycles. The van der Waals surface area contributed by atoms with Crippen molar-refractivity contribution in [2.45, 2.75) is 6.92 Å². The maximum atomic E-state index is 12.0. The largest absolute Gasteiger partial charge is 0.339 e. The number of rotatable bonds is 2. The molecule has 96 valence electrons. The predicted molar refractivity (Wildman–Crippen MR) is 67.5 cm³/mol. The first kappa shape index (κ1) is 12.8. The lowest BCUT2D eigenvalue weighted by Gasteiger charge is -2.33. The van der Waals surface area contributed by atoms with Crippen LogP contribution in [0.2, 0.25) is 0 Å². The Morgan fingerprint density at radius 3 is 2.22 bits per heavy atom. The highest BCUT2D eigenvalue weighted by molar-refractivity contribution is 7.12. The van der Waals surface area contributed by atoms with E-state index in [4.69, 9.17) is 0 Å². The smallest absolute Gasteiger partial charge is 0.295 e. The molecule has 1 saturated heterocycles. The van der Waals surface area contributed by atoms with Crippen molar-refractivity contribution in [3.05, 3.63) is 22.4 Å². The molecule has 0 N–H and O–H groups in total. The van der Waals surface area contributed by atoms with Crippen molar-refractivity contribution in [1.29, 1.82) is 0 Å². The summed E-state index contributed by atoms with van der Waals surface area (Å²) in [5.74, 6) is -0.923. The zero-order valence-corrected chi connectivity index (χ0v) is 10.9. The first-order valence-corrected chi connectivity index (χ1v) is 6.60. The van der Waals surface area contributed by atoms with Gasteiger partial charge in [-0.1, -0.05) is 6.07 Å². The van der Waals surface area contributed by atoms with E-state index in [1.54, 1.807) is 22.4 Å². The Labute approximate surface area is 109 Å². The lowest BCUT2D eigenvalue weighted by atomic mass is 10.2.